The number of ether oxygens (including phenoxy) is 2. The number of hydrogen-bond donors (Lipinski definition) is 1. The standard InChI is InChI=1S/C22H23NO4/c1-15(22(24)25)4-5-18(14-23)21(16-6-10-19(26-2)11-7-16)17-8-12-20(27-3)13-9-17/h6-13,15H,4-5H2,1-3H3,(H,24,25). The molecule has 0 aliphatic rings. The molecular weight excluding hydrogens is 342 g/mol. The molecule has 0 amide bonds. The molecule has 1 N–H and O–H groups in total. The van der Waals surface area contributed by atoms with Gasteiger partial charge in [0.1, 0.15) is 11.5 Å². The maximum Gasteiger partial charge on any atom is 0.306 e. The van der Waals surface area contributed by atoms with Crippen molar-refractivity contribution in [2.45, 2.75) is 19.8 Å². The number of methoxy groups -OCH3 is 2. The highest BCUT2D eigenvalue weighted by molar-refractivity contribution is 5.84. The maximum absolute atomic E-state index is 11.1. The second-order valence-corrected chi connectivity index (χ2v) is 6.20. The monoisotopic (exact) mass is 365 g/mol. The molecular formula is C22H23NO4. The van der Waals surface area contributed by atoms with Crippen molar-refractivity contribution in [3.63, 3.8) is 0 Å². The summed E-state index contributed by atoms with van der Waals surface area (Å²) in [5.74, 6) is 0.0840. The smallest absolute Gasteiger partial charge is 0.306 e. The van der Waals surface area contributed by atoms with Gasteiger partial charge in [-0.2, -0.15) is 5.26 Å². The van der Waals surface area contributed by atoms with Crippen LogP contribution in [0.5, 0.6) is 11.5 Å². The Morgan fingerprint density at radius 3 is 1.78 bits per heavy atom. The molecule has 0 aromatic heterocycles. The number of hydrogen-bond acceptors (Lipinski definition) is 4. The number of carbonyl (C=O) groups is 1. The Morgan fingerprint density at radius 1 is 1.00 bits per heavy atom. The number of nitriles is 1. The lowest BCUT2D eigenvalue weighted by atomic mass is 9.90. The number of nitrogens with zero attached hydrogens (tertiary/aromatic N) is 1. The van der Waals surface area contributed by atoms with E-state index in [1.54, 1.807) is 21.1 Å². The molecule has 2 aromatic rings. The zero-order valence-electron chi connectivity index (χ0n) is 15.7. The number of allylic oxidation sites excluding steroid dienone is 1. The first kappa shape index (κ1) is 20.1. The molecule has 5 nitrogen and oxygen atoms in total. The summed E-state index contributed by atoms with van der Waals surface area (Å²) in [6.07, 6.45) is 0.783. The molecule has 0 radical (unpaired) electrons. The van der Waals surface area contributed by atoms with Crippen LogP contribution in [-0.2, 0) is 4.79 Å². The van der Waals surface area contributed by atoms with Crippen molar-refractivity contribution >= 4 is 11.5 Å². The summed E-state index contributed by atoms with van der Waals surface area (Å²) in [4.78, 5) is 11.1. The fourth-order valence-corrected chi connectivity index (χ4v) is 2.75. The number of aliphatic carboxylic acids is 1. The molecule has 0 saturated carbocycles. The molecule has 1 atom stereocenters. The summed E-state index contributed by atoms with van der Waals surface area (Å²) < 4.78 is 10.4. The minimum absolute atomic E-state index is 0.386. The Balaban J connectivity index is 2.51. The van der Waals surface area contributed by atoms with Gasteiger partial charge in [0.25, 0.3) is 0 Å². The first-order valence-electron chi connectivity index (χ1n) is 8.65. The predicted molar refractivity (Wildman–Crippen MR) is 104 cm³/mol. The van der Waals surface area contributed by atoms with E-state index < -0.39 is 11.9 Å². The van der Waals surface area contributed by atoms with Crippen molar-refractivity contribution in [1.82, 2.24) is 0 Å². The van der Waals surface area contributed by atoms with Crippen LogP contribution in [-0.4, -0.2) is 25.3 Å². The van der Waals surface area contributed by atoms with Crippen LogP contribution in [0.15, 0.2) is 54.1 Å². The lowest BCUT2D eigenvalue weighted by molar-refractivity contribution is -0.141. The Morgan fingerprint density at radius 2 is 1.44 bits per heavy atom. The molecule has 0 aliphatic heterocycles. The molecule has 5 heteroatoms. The van der Waals surface area contributed by atoms with E-state index in [1.807, 2.05) is 48.5 Å². The molecule has 0 heterocycles. The van der Waals surface area contributed by atoms with E-state index in [2.05, 4.69) is 6.07 Å². The highest BCUT2D eigenvalue weighted by Crippen LogP contribution is 2.31. The van der Waals surface area contributed by atoms with Crippen LogP contribution < -0.4 is 9.47 Å². The zero-order valence-corrected chi connectivity index (χ0v) is 15.7. The molecule has 0 spiro atoms. The van der Waals surface area contributed by atoms with Gasteiger partial charge in [-0.25, -0.2) is 0 Å². The largest absolute Gasteiger partial charge is 0.497 e. The maximum atomic E-state index is 11.1. The molecule has 0 fully saturated rings. The van der Waals surface area contributed by atoms with Crippen LogP contribution in [0.4, 0.5) is 0 Å². The van der Waals surface area contributed by atoms with Crippen LogP contribution in [0.3, 0.4) is 0 Å². The lowest BCUT2D eigenvalue weighted by Gasteiger charge is -2.14. The van der Waals surface area contributed by atoms with Crippen LogP contribution in [0.1, 0.15) is 30.9 Å². The van der Waals surface area contributed by atoms with Crippen LogP contribution >= 0.6 is 0 Å². The average Bonchev–Trinajstić information content (AvgIpc) is 2.71. The number of rotatable bonds is 8. The van der Waals surface area contributed by atoms with E-state index in [0.717, 1.165) is 28.2 Å². The molecule has 0 aliphatic carbocycles. The zero-order chi connectivity index (χ0) is 19.8. The lowest BCUT2D eigenvalue weighted by Crippen LogP contribution is -2.09. The highest BCUT2D eigenvalue weighted by Gasteiger charge is 2.16. The van der Waals surface area contributed by atoms with Gasteiger partial charge in [0.2, 0.25) is 0 Å². The second-order valence-electron chi connectivity index (χ2n) is 6.20. The normalized spacial score (nSPS) is 11.2. The Labute approximate surface area is 159 Å². The fraction of sp³-hybridized carbons (Fsp3) is 0.273. The number of carboxylic acids is 1. The van der Waals surface area contributed by atoms with Crippen molar-refractivity contribution in [3.8, 4) is 17.6 Å². The topological polar surface area (TPSA) is 79.5 Å². The van der Waals surface area contributed by atoms with E-state index in [0.29, 0.717) is 18.4 Å². The Kier molecular flexibility index (Phi) is 7.01. The van der Waals surface area contributed by atoms with E-state index in [-0.39, 0.29) is 0 Å². The van der Waals surface area contributed by atoms with E-state index in [9.17, 15) is 10.1 Å². The van der Waals surface area contributed by atoms with Crippen molar-refractivity contribution in [2.75, 3.05) is 14.2 Å². The SMILES string of the molecule is COc1ccc(C(=C(C#N)CCC(C)C(=O)O)c2ccc(OC)cc2)cc1. The van der Waals surface area contributed by atoms with Crippen LogP contribution in [0, 0.1) is 17.2 Å². The molecule has 2 rings (SSSR count). The second kappa shape index (κ2) is 9.44. The third kappa shape index (κ3) is 5.11. The van der Waals surface area contributed by atoms with Gasteiger partial charge in [-0.3, -0.25) is 4.79 Å². The van der Waals surface area contributed by atoms with Gasteiger partial charge in [0.15, 0.2) is 0 Å². The number of benzene rings is 2. The predicted octanol–water partition coefficient (Wildman–Crippen LogP) is 4.53. The summed E-state index contributed by atoms with van der Waals surface area (Å²) in [6.45, 7) is 1.65. The Bertz CT molecular complexity index is 796. The summed E-state index contributed by atoms with van der Waals surface area (Å²) in [5.41, 5.74) is 3.10. The summed E-state index contributed by atoms with van der Waals surface area (Å²) in [5, 5.41) is 18.9. The van der Waals surface area contributed by atoms with Crippen molar-refractivity contribution in [2.24, 2.45) is 5.92 Å². The van der Waals surface area contributed by atoms with Gasteiger partial charge >= 0.3 is 5.97 Å². The van der Waals surface area contributed by atoms with Gasteiger partial charge in [0.05, 0.1) is 26.2 Å². The molecule has 140 valence electrons. The minimum atomic E-state index is -0.859. The van der Waals surface area contributed by atoms with Crippen LogP contribution in [0.25, 0.3) is 5.57 Å². The Hall–Kier alpha value is -3.26. The first-order chi connectivity index (χ1) is 13.0. The molecule has 2 aromatic carbocycles. The van der Waals surface area contributed by atoms with Gasteiger partial charge in [0, 0.05) is 11.1 Å². The summed E-state index contributed by atoms with van der Waals surface area (Å²) in [7, 11) is 3.20. The summed E-state index contributed by atoms with van der Waals surface area (Å²) in [6, 6.07) is 17.2. The van der Waals surface area contributed by atoms with Crippen molar-refractivity contribution < 1.29 is 19.4 Å². The number of carboxylic acid groups (broad SMARTS) is 1. The summed E-state index contributed by atoms with van der Waals surface area (Å²) >= 11 is 0. The van der Waals surface area contributed by atoms with E-state index >= 15 is 0 Å². The van der Waals surface area contributed by atoms with Crippen molar-refractivity contribution in [3.05, 3.63) is 65.2 Å². The minimum Gasteiger partial charge on any atom is -0.497 e. The quantitative estimate of drug-likeness (QED) is 0.695. The van der Waals surface area contributed by atoms with Crippen LogP contribution in [0.2, 0.25) is 0 Å². The molecule has 0 bridgehead atoms. The molecule has 1 unspecified atom stereocenters. The molecule has 27 heavy (non-hydrogen) atoms. The highest BCUT2D eigenvalue weighted by atomic mass is 16.5. The van der Waals surface area contributed by atoms with Crippen molar-refractivity contribution in [1.29, 1.82) is 5.26 Å². The van der Waals surface area contributed by atoms with Gasteiger partial charge < -0.3 is 14.6 Å². The van der Waals surface area contributed by atoms with E-state index in [4.69, 9.17) is 14.6 Å². The average molecular weight is 365 g/mol. The van der Waals surface area contributed by atoms with Gasteiger partial charge in [-0.15, -0.1) is 0 Å². The third-order valence-corrected chi connectivity index (χ3v) is 4.44. The molecule has 0 saturated heterocycles. The third-order valence-electron chi connectivity index (χ3n) is 4.44. The van der Waals surface area contributed by atoms with E-state index in [1.165, 1.54) is 0 Å². The first-order valence-corrected chi connectivity index (χ1v) is 8.65. The fourth-order valence-electron chi connectivity index (χ4n) is 2.75. The van der Waals surface area contributed by atoms with Gasteiger partial charge in [-0.1, -0.05) is 31.2 Å². The van der Waals surface area contributed by atoms with Gasteiger partial charge in [-0.05, 0) is 48.2 Å².